The van der Waals surface area contributed by atoms with Crippen molar-refractivity contribution < 1.29 is 14.3 Å². The highest BCUT2D eigenvalue weighted by molar-refractivity contribution is 5.91. The number of hydrogen-bond donors (Lipinski definition) is 2. The van der Waals surface area contributed by atoms with E-state index < -0.39 is 22.9 Å². The molecule has 1 aliphatic carbocycles. The number of aromatic carboxylic acids is 1. The van der Waals surface area contributed by atoms with Crippen molar-refractivity contribution in [2.45, 2.75) is 38.3 Å². The highest BCUT2D eigenvalue weighted by Crippen LogP contribution is 2.37. The molecule has 2 aliphatic rings. The molecule has 1 saturated carbocycles. The minimum atomic E-state index is -1.39. The Morgan fingerprint density at radius 2 is 2.12 bits per heavy atom. The number of carbonyl (C=O) groups is 1. The number of halogens is 1. The molecule has 1 unspecified atom stereocenters. The van der Waals surface area contributed by atoms with Crippen LogP contribution in [0.5, 0.6) is 0 Å². The van der Waals surface area contributed by atoms with Crippen molar-refractivity contribution in [3.63, 3.8) is 0 Å². The summed E-state index contributed by atoms with van der Waals surface area (Å²) in [5.41, 5.74) is 5.57. The zero-order valence-electron chi connectivity index (χ0n) is 14.5. The van der Waals surface area contributed by atoms with Gasteiger partial charge in [-0.15, -0.1) is 0 Å². The Bertz CT molecular complexity index is 952. The van der Waals surface area contributed by atoms with Crippen LogP contribution in [0.4, 0.5) is 10.1 Å². The van der Waals surface area contributed by atoms with Crippen LogP contribution in [0.25, 0.3) is 10.9 Å². The van der Waals surface area contributed by atoms with Gasteiger partial charge in [-0.1, -0.05) is 0 Å². The third-order valence-electron chi connectivity index (χ3n) is 5.38. The second kappa shape index (κ2) is 6.05. The summed E-state index contributed by atoms with van der Waals surface area (Å²) in [6.45, 7) is 3.31. The van der Waals surface area contributed by atoms with Crippen LogP contribution in [0.1, 0.15) is 42.7 Å². The molecule has 1 aromatic carbocycles. The fraction of sp³-hybridized carbons (Fsp3) is 0.500. The zero-order chi connectivity index (χ0) is 18.6. The SMILES string of the molecule is C[C@H](N)C1CCN(c2cc3c(cc2F)c(=O)c(C(=O)O)nn3C2CC2)C1. The van der Waals surface area contributed by atoms with Crippen LogP contribution in [0.15, 0.2) is 16.9 Å². The number of fused-ring (bicyclic) bond motifs is 1. The maximum atomic E-state index is 14.8. The summed E-state index contributed by atoms with van der Waals surface area (Å²) in [5.74, 6) is -1.62. The molecule has 0 spiro atoms. The molecule has 8 heteroatoms. The van der Waals surface area contributed by atoms with Gasteiger partial charge in [0, 0.05) is 19.1 Å². The first-order chi connectivity index (χ1) is 12.4. The highest BCUT2D eigenvalue weighted by Gasteiger charge is 2.31. The van der Waals surface area contributed by atoms with Gasteiger partial charge in [-0.05, 0) is 44.2 Å². The van der Waals surface area contributed by atoms with Gasteiger partial charge in [-0.2, -0.15) is 5.10 Å². The summed E-state index contributed by atoms with van der Waals surface area (Å²) in [7, 11) is 0. The molecule has 26 heavy (non-hydrogen) atoms. The van der Waals surface area contributed by atoms with Gasteiger partial charge in [-0.3, -0.25) is 9.48 Å². The van der Waals surface area contributed by atoms with Crippen molar-refractivity contribution in [2.75, 3.05) is 18.0 Å². The van der Waals surface area contributed by atoms with Crippen molar-refractivity contribution in [1.29, 1.82) is 0 Å². The van der Waals surface area contributed by atoms with Crippen LogP contribution in [-0.2, 0) is 0 Å². The van der Waals surface area contributed by atoms with Crippen molar-refractivity contribution >= 4 is 22.6 Å². The summed E-state index contributed by atoms with van der Waals surface area (Å²) in [4.78, 5) is 25.7. The number of hydrogen-bond acceptors (Lipinski definition) is 5. The summed E-state index contributed by atoms with van der Waals surface area (Å²) in [5, 5.41) is 13.3. The molecule has 2 atom stereocenters. The van der Waals surface area contributed by atoms with E-state index in [4.69, 9.17) is 5.73 Å². The first-order valence-electron chi connectivity index (χ1n) is 8.86. The van der Waals surface area contributed by atoms with Crippen LogP contribution in [-0.4, -0.2) is 40.0 Å². The van der Waals surface area contributed by atoms with Crippen molar-refractivity contribution in [2.24, 2.45) is 11.7 Å². The Kier molecular flexibility index (Phi) is 3.95. The van der Waals surface area contributed by atoms with Gasteiger partial charge in [0.25, 0.3) is 0 Å². The summed E-state index contributed by atoms with van der Waals surface area (Å²) in [6.07, 6.45) is 2.63. The van der Waals surface area contributed by atoms with E-state index in [0.717, 1.165) is 25.3 Å². The minimum Gasteiger partial charge on any atom is -0.476 e. The molecular formula is C18H21FN4O3. The van der Waals surface area contributed by atoms with E-state index in [-0.39, 0.29) is 17.5 Å². The van der Waals surface area contributed by atoms with Crippen LogP contribution in [0.3, 0.4) is 0 Å². The maximum Gasteiger partial charge on any atom is 0.360 e. The van der Waals surface area contributed by atoms with E-state index in [1.54, 1.807) is 10.7 Å². The Hall–Kier alpha value is -2.48. The normalized spacial score (nSPS) is 21.3. The fourth-order valence-corrected chi connectivity index (χ4v) is 3.67. The lowest BCUT2D eigenvalue weighted by atomic mass is 10.0. The maximum absolute atomic E-state index is 14.8. The van der Waals surface area contributed by atoms with E-state index >= 15 is 0 Å². The Morgan fingerprint density at radius 3 is 2.69 bits per heavy atom. The number of carboxylic acid groups (broad SMARTS) is 1. The lowest BCUT2D eigenvalue weighted by molar-refractivity contribution is 0.0686. The molecule has 0 amide bonds. The second-order valence-corrected chi connectivity index (χ2v) is 7.33. The van der Waals surface area contributed by atoms with Gasteiger partial charge in [-0.25, -0.2) is 9.18 Å². The second-order valence-electron chi connectivity index (χ2n) is 7.33. The molecule has 2 aromatic rings. The van der Waals surface area contributed by atoms with Crippen molar-refractivity contribution in [1.82, 2.24) is 9.78 Å². The predicted octanol–water partition coefficient (Wildman–Crippen LogP) is 1.74. The van der Waals surface area contributed by atoms with Crippen LogP contribution in [0.2, 0.25) is 0 Å². The third kappa shape index (κ3) is 2.74. The number of carboxylic acids is 1. The first-order valence-corrected chi connectivity index (χ1v) is 8.86. The van der Waals surface area contributed by atoms with Crippen LogP contribution < -0.4 is 16.1 Å². The molecule has 1 aromatic heterocycles. The van der Waals surface area contributed by atoms with Gasteiger partial charge in [0.05, 0.1) is 22.6 Å². The predicted molar refractivity (Wildman–Crippen MR) is 95.2 cm³/mol. The van der Waals surface area contributed by atoms with Crippen molar-refractivity contribution in [3.8, 4) is 0 Å². The Labute approximate surface area is 149 Å². The number of benzene rings is 1. The zero-order valence-corrected chi connectivity index (χ0v) is 14.5. The van der Waals surface area contributed by atoms with Gasteiger partial charge in [0.15, 0.2) is 0 Å². The molecule has 1 aliphatic heterocycles. The van der Waals surface area contributed by atoms with E-state index in [2.05, 4.69) is 5.10 Å². The quantitative estimate of drug-likeness (QED) is 0.861. The number of rotatable bonds is 4. The fourth-order valence-electron chi connectivity index (χ4n) is 3.67. The molecule has 0 bridgehead atoms. The average molecular weight is 360 g/mol. The lowest BCUT2D eigenvalue weighted by Crippen LogP contribution is -2.30. The smallest absolute Gasteiger partial charge is 0.360 e. The largest absolute Gasteiger partial charge is 0.476 e. The van der Waals surface area contributed by atoms with Gasteiger partial charge < -0.3 is 15.7 Å². The number of nitrogens with zero attached hydrogens (tertiary/aromatic N) is 3. The molecule has 3 N–H and O–H groups in total. The van der Waals surface area contributed by atoms with Crippen LogP contribution in [0, 0.1) is 11.7 Å². The molecule has 138 valence electrons. The molecular weight excluding hydrogens is 339 g/mol. The monoisotopic (exact) mass is 360 g/mol. The first kappa shape index (κ1) is 17.0. The summed E-state index contributed by atoms with van der Waals surface area (Å²) in [6, 6.07) is 2.88. The van der Waals surface area contributed by atoms with Gasteiger partial charge in [0.2, 0.25) is 11.1 Å². The number of nitrogens with two attached hydrogens (primary N) is 1. The summed E-state index contributed by atoms with van der Waals surface area (Å²) >= 11 is 0. The molecule has 7 nitrogen and oxygen atoms in total. The summed E-state index contributed by atoms with van der Waals surface area (Å²) < 4.78 is 16.3. The van der Waals surface area contributed by atoms with E-state index in [9.17, 15) is 19.1 Å². The lowest BCUT2D eigenvalue weighted by Gasteiger charge is -2.22. The molecule has 1 saturated heterocycles. The Balaban J connectivity index is 1.86. The third-order valence-corrected chi connectivity index (χ3v) is 5.38. The minimum absolute atomic E-state index is 0.0351. The number of aromatic nitrogens is 2. The van der Waals surface area contributed by atoms with Crippen LogP contribution >= 0.6 is 0 Å². The van der Waals surface area contributed by atoms with Gasteiger partial charge in [0.1, 0.15) is 5.82 Å². The van der Waals surface area contributed by atoms with E-state index in [1.165, 1.54) is 0 Å². The van der Waals surface area contributed by atoms with E-state index in [0.29, 0.717) is 30.2 Å². The molecule has 2 heterocycles. The van der Waals surface area contributed by atoms with Crippen molar-refractivity contribution in [3.05, 3.63) is 33.9 Å². The molecule has 2 fully saturated rings. The molecule has 0 radical (unpaired) electrons. The standard InChI is InChI=1S/C18H21FN4O3/c1-9(20)10-4-5-22(8-10)15-7-14-12(6-13(15)19)17(24)16(18(25)26)21-23(14)11-2-3-11/h6-7,9-11H,2-5,8,20H2,1H3,(H,25,26)/t9-,10?/m0/s1. The average Bonchev–Trinajstić information content (AvgIpc) is 3.30. The highest BCUT2D eigenvalue weighted by atomic mass is 19.1. The van der Waals surface area contributed by atoms with Gasteiger partial charge >= 0.3 is 5.97 Å². The molecule has 4 rings (SSSR count). The Morgan fingerprint density at radius 1 is 1.38 bits per heavy atom. The van der Waals surface area contributed by atoms with E-state index in [1.807, 2.05) is 11.8 Å². The topological polar surface area (TPSA) is 101 Å². The number of anilines is 1.